The molecule has 0 radical (unpaired) electrons. The fourth-order valence-electron chi connectivity index (χ4n) is 2.11. The highest BCUT2D eigenvalue weighted by atomic mass is 19.4. The maximum Gasteiger partial charge on any atom is 0.391 e. The lowest BCUT2D eigenvalue weighted by Crippen LogP contribution is -2.20. The van der Waals surface area contributed by atoms with Crippen molar-refractivity contribution >= 4 is 5.69 Å². The van der Waals surface area contributed by atoms with E-state index in [4.69, 9.17) is 0 Å². The van der Waals surface area contributed by atoms with Crippen LogP contribution in [0.2, 0.25) is 0 Å². The second-order valence-electron chi connectivity index (χ2n) is 4.91. The van der Waals surface area contributed by atoms with E-state index >= 15 is 0 Å². The molecule has 0 saturated carbocycles. The third-order valence-corrected chi connectivity index (χ3v) is 3.09. The number of hydrogen-bond donors (Lipinski definition) is 1. The second kappa shape index (κ2) is 6.16. The molecule has 0 heterocycles. The van der Waals surface area contributed by atoms with Crippen molar-refractivity contribution in [2.75, 3.05) is 5.32 Å². The van der Waals surface area contributed by atoms with E-state index in [1.807, 2.05) is 0 Å². The van der Waals surface area contributed by atoms with E-state index in [0.717, 1.165) is 5.56 Å². The number of halogens is 4. The van der Waals surface area contributed by atoms with Gasteiger partial charge in [0.1, 0.15) is 5.82 Å². The molecular weight excluding hydrogens is 282 g/mol. The van der Waals surface area contributed by atoms with E-state index in [-0.39, 0.29) is 5.69 Å². The van der Waals surface area contributed by atoms with Gasteiger partial charge in [0.25, 0.3) is 0 Å². The van der Waals surface area contributed by atoms with Crippen LogP contribution < -0.4 is 5.32 Å². The van der Waals surface area contributed by atoms with E-state index in [9.17, 15) is 17.6 Å². The van der Waals surface area contributed by atoms with Gasteiger partial charge >= 0.3 is 6.18 Å². The van der Waals surface area contributed by atoms with Gasteiger partial charge in [0.2, 0.25) is 0 Å². The van der Waals surface area contributed by atoms with Gasteiger partial charge in [-0.15, -0.1) is 0 Å². The van der Waals surface area contributed by atoms with Crippen molar-refractivity contribution in [1.29, 1.82) is 0 Å². The Kier molecular flexibility index (Phi) is 4.50. The van der Waals surface area contributed by atoms with Gasteiger partial charge in [-0.3, -0.25) is 0 Å². The van der Waals surface area contributed by atoms with Crippen LogP contribution in [-0.2, 0) is 0 Å². The molecule has 1 nitrogen and oxygen atoms in total. The summed E-state index contributed by atoms with van der Waals surface area (Å²) in [5, 5.41) is 2.67. The lowest BCUT2D eigenvalue weighted by molar-refractivity contribution is -0.137. The third kappa shape index (κ3) is 4.48. The smallest absolute Gasteiger partial charge is 0.376 e. The van der Waals surface area contributed by atoms with Gasteiger partial charge in [-0.25, -0.2) is 4.39 Å². The summed E-state index contributed by atoms with van der Waals surface area (Å²) in [4.78, 5) is 0. The molecule has 0 aliphatic carbocycles. The van der Waals surface area contributed by atoms with Crippen LogP contribution in [0.3, 0.4) is 0 Å². The van der Waals surface area contributed by atoms with Crippen molar-refractivity contribution in [3.05, 3.63) is 65.5 Å². The van der Waals surface area contributed by atoms with E-state index in [1.54, 1.807) is 43.3 Å². The first-order valence-corrected chi connectivity index (χ1v) is 6.49. The van der Waals surface area contributed by atoms with Gasteiger partial charge in [0, 0.05) is 0 Å². The molecule has 2 aromatic carbocycles. The molecule has 2 aromatic rings. The Morgan fingerprint density at radius 1 is 1.05 bits per heavy atom. The van der Waals surface area contributed by atoms with Crippen molar-refractivity contribution < 1.29 is 17.6 Å². The molecule has 21 heavy (non-hydrogen) atoms. The first kappa shape index (κ1) is 15.4. The molecular formula is C16H15F4N. The summed E-state index contributed by atoms with van der Waals surface area (Å²) in [6.45, 7) is 1.76. The number of rotatable bonds is 4. The quantitative estimate of drug-likeness (QED) is 0.761. The molecule has 0 aliphatic heterocycles. The Labute approximate surface area is 120 Å². The van der Waals surface area contributed by atoms with Gasteiger partial charge in [0.15, 0.2) is 0 Å². The molecule has 1 unspecified atom stereocenters. The lowest BCUT2D eigenvalue weighted by atomic mass is 10.0. The summed E-state index contributed by atoms with van der Waals surface area (Å²) in [5.74, 6) is -0.566. The number of anilines is 1. The van der Waals surface area contributed by atoms with Gasteiger partial charge in [-0.2, -0.15) is 13.2 Å². The third-order valence-electron chi connectivity index (χ3n) is 3.09. The number of alkyl halides is 3. The zero-order chi connectivity index (χ0) is 15.5. The fourth-order valence-corrected chi connectivity index (χ4v) is 2.11. The average molecular weight is 297 g/mol. The van der Waals surface area contributed by atoms with Crippen LogP contribution in [-0.4, -0.2) is 6.18 Å². The molecule has 1 N–H and O–H groups in total. The van der Waals surface area contributed by atoms with Crippen LogP contribution in [0.15, 0.2) is 48.5 Å². The predicted molar refractivity (Wildman–Crippen MR) is 74.6 cm³/mol. The maximum atomic E-state index is 13.7. The topological polar surface area (TPSA) is 12.0 Å². The minimum Gasteiger partial charge on any atom is -0.376 e. The minimum atomic E-state index is -4.34. The monoisotopic (exact) mass is 297 g/mol. The molecule has 0 aromatic heterocycles. The molecule has 2 rings (SSSR count). The van der Waals surface area contributed by atoms with E-state index in [1.165, 1.54) is 12.1 Å². The summed E-state index contributed by atoms with van der Waals surface area (Å²) in [6, 6.07) is 11.5. The Morgan fingerprint density at radius 2 is 1.71 bits per heavy atom. The van der Waals surface area contributed by atoms with Crippen molar-refractivity contribution in [1.82, 2.24) is 0 Å². The average Bonchev–Trinajstić information content (AvgIpc) is 2.42. The molecule has 0 fully saturated rings. The second-order valence-corrected chi connectivity index (χ2v) is 4.91. The predicted octanol–water partition coefficient (Wildman–Crippen LogP) is 5.24. The molecule has 0 saturated heterocycles. The lowest BCUT2D eigenvalue weighted by Gasteiger charge is -2.22. The van der Waals surface area contributed by atoms with Crippen LogP contribution in [0, 0.1) is 12.7 Å². The van der Waals surface area contributed by atoms with Crippen molar-refractivity contribution in [3.63, 3.8) is 0 Å². The molecule has 0 amide bonds. The Bertz CT molecular complexity index is 593. The molecule has 0 spiro atoms. The zero-order valence-corrected chi connectivity index (χ0v) is 11.4. The molecule has 112 valence electrons. The molecule has 0 aliphatic rings. The van der Waals surface area contributed by atoms with Crippen molar-refractivity contribution in [2.45, 2.75) is 25.6 Å². The van der Waals surface area contributed by atoms with Gasteiger partial charge in [-0.05, 0) is 30.2 Å². The van der Waals surface area contributed by atoms with E-state index in [0.29, 0.717) is 5.56 Å². The van der Waals surface area contributed by atoms with E-state index < -0.39 is 24.5 Å². The summed E-state index contributed by atoms with van der Waals surface area (Å²) in [6.07, 6.45) is -5.40. The summed E-state index contributed by atoms with van der Waals surface area (Å²) in [5.41, 5.74) is 1.32. The number of hydrogen-bond acceptors (Lipinski definition) is 1. The van der Waals surface area contributed by atoms with Crippen LogP contribution in [0.5, 0.6) is 0 Å². The first-order valence-electron chi connectivity index (χ1n) is 6.49. The maximum absolute atomic E-state index is 13.7. The number of benzene rings is 2. The van der Waals surface area contributed by atoms with Crippen LogP contribution in [0.1, 0.15) is 23.6 Å². The first-order chi connectivity index (χ1) is 9.85. The van der Waals surface area contributed by atoms with Crippen LogP contribution in [0.4, 0.5) is 23.2 Å². The Hall–Kier alpha value is -2.04. The summed E-state index contributed by atoms with van der Waals surface area (Å²) < 4.78 is 52.0. The van der Waals surface area contributed by atoms with Gasteiger partial charge in [0.05, 0.1) is 18.2 Å². The van der Waals surface area contributed by atoms with Gasteiger partial charge in [-0.1, -0.05) is 36.4 Å². The number of nitrogens with one attached hydrogen (secondary N) is 1. The van der Waals surface area contributed by atoms with Crippen LogP contribution in [0.25, 0.3) is 0 Å². The van der Waals surface area contributed by atoms with Gasteiger partial charge < -0.3 is 5.32 Å². The Balaban J connectivity index is 2.30. The van der Waals surface area contributed by atoms with E-state index in [2.05, 4.69) is 5.32 Å². The summed E-state index contributed by atoms with van der Waals surface area (Å²) in [7, 11) is 0. The number of aryl methyl sites for hydroxylation is 1. The summed E-state index contributed by atoms with van der Waals surface area (Å²) >= 11 is 0. The SMILES string of the molecule is Cc1ccc(F)c(NC(CC(F)(F)F)c2ccccc2)c1. The molecule has 5 heteroatoms. The highest BCUT2D eigenvalue weighted by Crippen LogP contribution is 2.32. The van der Waals surface area contributed by atoms with Crippen molar-refractivity contribution in [2.24, 2.45) is 0 Å². The minimum absolute atomic E-state index is 0.0769. The highest BCUT2D eigenvalue weighted by Gasteiger charge is 2.33. The normalized spacial score (nSPS) is 13.0. The fraction of sp³-hybridized carbons (Fsp3) is 0.250. The highest BCUT2D eigenvalue weighted by molar-refractivity contribution is 5.49. The molecule has 0 bridgehead atoms. The standard InChI is InChI=1S/C16H15F4N/c1-11-7-8-13(17)14(9-11)21-15(10-16(18,19)20)12-5-3-2-4-6-12/h2-9,15,21H,10H2,1H3. The van der Waals surface area contributed by atoms with Crippen molar-refractivity contribution in [3.8, 4) is 0 Å². The molecule has 1 atom stereocenters. The Morgan fingerprint density at radius 3 is 2.33 bits per heavy atom. The largest absolute Gasteiger partial charge is 0.391 e. The zero-order valence-electron chi connectivity index (χ0n) is 11.4. The van der Waals surface area contributed by atoms with Crippen LogP contribution >= 0.6 is 0 Å².